The smallest absolute Gasteiger partial charge is 0.192 e. The van der Waals surface area contributed by atoms with E-state index in [1.54, 1.807) is 0 Å². The highest BCUT2D eigenvalue weighted by atomic mass is 28.4. The van der Waals surface area contributed by atoms with E-state index in [1.807, 2.05) is 37.3 Å². The zero-order chi connectivity index (χ0) is 19.3. The molecule has 0 bridgehead atoms. The summed E-state index contributed by atoms with van der Waals surface area (Å²) >= 11 is 0. The van der Waals surface area contributed by atoms with Gasteiger partial charge in [-0.2, -0.15) is 0 Å². The van der Waals surface area contributed by atoms with E-state index in [0.717, 1.165) is 12.0 Å². The quantitative estimate of drug-likeness (QED) is 0.596. The minimum absolute atomic E-state index is 0.0323. The molecule has 144 valence electrons. The molecule has 0 radical (unpaired) electrons. The molecule has 4 atom stereocenters. The molecule has 1 N–H and O–H groups in total. The van der Waals surface area contributed by atoms with Crippen LogP contribution >= 0.6 is 0 Å². The third-order valence-electron chi connectivity index (χ3n) is 5.62. The lowest BCUT2D eigenvalue weighted by molar-refractivity contribution is -0.0788. The monoisotopic (exact) mass is 366 g/mol. The summed E-state index contributed by atoms with van der Waals surface area (Å²) in [6, 6.07) is 10.1. The Labute approximate surface area is 155 Å². The Kier molecular flexibility index (Phi) is 8.33. The highest BCUT2D eigenvalue weighted by Crippen LogP contribution is 2.39. The summed E-state index contributed by atoms with van der Waals surface area (Å²) in [6.07, 6.45) is 0.181. The zero-order valence-corrected chi connectivity index (χ0v) is 18.4. The molecule has 1 rings (SSSR count). The second-order valence-electron chi connectivity index (χ2n) is 8.68. The summed E-state index contributed by atoms with van der Waals surface area (Å²) in [5, 5.41) is 10.9. The summed E-state index contributed by atoms with van der Waals surface area (Å²) in [5.41, 5.74) is 1.12. The second-order valence-corrected chi connectivity index (χ2v) is 13.4. The molecule has 0 saturated heterocycles. The maximum Gasteiger partial charge on any atom is 0.192 e. The average molecular weight is 367 g/mol. The Bertz CT molecular complexity index is 496. The van der Waals surface area contributed by atoms with Crippen LogP contribution in [0.3, 0.4) is 0 Å². The molecule has 0 unspecified atom stereocenters. The minimum Gasteiger partial charge on any atom is -0.414 e. The van der Waals surface area contributed by atoms with Crippen LogP contribution in [0, 0.1) is 5.92 Å². The molecule has 4 heteroatoms. The number of benzene rings is 1. The lowest BCUT2D eigenvalue weighted by Crippen LogP contribution is -2.48. The molecular formula is C21H38O3Si. The molecule has 0 aliphatic carbocycles. The third-order valence-corrected chi connectivity index (χ3v) is 10.1. The first kappa shape index (κ1) is 22.4. The van der Waals surface area contributed by atoms with Gasteiger partial charge in [0.05, 0.1) is 18.8 Å². The van der Waals surface area contributed by atoms with Crippen molar-refractivity contribution in [3.63, 3.8) is 0 Å². The minimum atomic E-state index is -1.86. The van der Waals surface area contributed by atoms with Crippen molar-refractivity contribution in [2.75, 3.05) is 0 Å². The number of hydrogen-bond acceptors (Lipinski definition) is 3. The van der Waals surface area contributed by atoms with Crippen molar-refractivity contribution in [1.82, 2.24) is 0 Å². The molecule has 1 aromatic carbocycles. The molecule has 0 aliphatic heterocycles. The van der Waals surface area contributed by atoms with E-state index in [2.05, 4.69) is 47.7 Å². The zero-order valence-electron chi connectivity index (χ0n) is 17.4. The Morgan fingerprint density at radius 1 is 1.08 bits per heavy atom. The summed E-state index contributed by atoms with van der Waals surface area (Å²) < 4.78 is 12.5. The predicted molar refractivity (Wildman–Crippen MR) is 108 cm³/mol. The van der Waals surface area contributed by atoms with Gasteiger partial charge in [-0.25, -0.2) is 0 Å². The van der Waals surface area contributed by atoms with Crippen LogP contribution in [0.4, 0.5) is 0 Å². The summed E-state index contributed by atoms with van der Waals surface area (Å²) in [4.78, 5) is 0. The molecule has 0 aromatic heterocycles. The first-order chi connectivity index (χ1) is 11.5. The fourth-order valence-corrected chi connectivity index (χ4v) is 4.16. The van der Waals surface area contributed by atoms with Crippen LogP contribution in [0.5, 0.6) is 0 Å². The number of rotatable bonds is 9. The van der Waals surface area contributed by atoms with Crippen LogP contribution < -0.4 is 0 Å². The first-order valence-corrected chi connectivity index (χ1v) is 12.4. The Morgan fingerprint density at radius 2 is 1.64 bits per heavy atom. The predicted octanol–water partition coefficient (Wildman–Crippen LogP) is 5.39. The van der Waals surface area contributed by atoms with Crippen molar-refractivity contribution in [3.8, 4) is 0 Å². The van der Waals surface area contributed by atoms with Crippen molar-refractivity contribution < 1.29 is 14.3 Å². The van der Waals surface area contributed by atoms with Crippen LogP contribution in [-0.4, -0.2) is 31.7 Å². The fourth-order valence-electron chi connectivity index (χ4n) is 2.67. The SMILES string of the molecule is CC[C@H](O[Si](C)(C)C(C)(C)C)[C@@H](C)[C@H](O)[C@H](C)OCc1ccccc1. The topological polar surface area (TPSA) is 38.7 Å². The van der Waals surface area contributed by atoms with E-state index >= 15 is 0 Å². The van der Waals surface area contributed by atoms with Crippen LogP contribution in [-0.2, 0) is 15.8 Å². The summed E-state index contributed by atoms with van der Waals surface area (Å²) in [7, 11) is -1.86. The van der Waals surface area contributed by atoms with E-state index in [0.29, 0.717) is 6.61 Å². The van der Waals surface area contributed by atoms with E-state index in [-0.39, 0.29) is 23.2 Å². The van der Waals surface area contributed by atoms with Crippen molar-refractivity contribution in [3.05, 3.63) is 35.9 Å². The van der Waals surface area contributed by atoms with Crippen LogP contribution in [0.2, 0.25) is 18.1 Å². The van der Waals surface area contributed by atoms with Gasteiger partial charge in [0, 0.05) is 12.0 Å². The van der Waals surface area contributed by atoms with E-state index in [4.69, 9.17) is 9.16 Å². The van der Waals surface area contributed by atoms with Gasteiger partial charge in [0.15, 0.2) is 8.32 Å². The molecule has 1 aromatic rings. The lowest BCUT2D eigenvalue weighted by atomic mass is 9.93. The normalized spacial score (nSPS) is 17.8. The Morgan fingerprint density at radius 3 is 2.12 bits per heavy atom. The maximum absolute atomic E-state index is 10.8. The molecule has 0 fully saturated rings. The van der Waals surface area contributed by atoms with Crippen molar-refractivity contribution >= 4 is 8.32 Å². The van der Waals surface area contributed by atoms with Gasteiger partial charge in [-0.3, -0.25) is 0 Å². The van der Waals surface area contributed by atoms with Crippen molar-refractivity contribution in [2.24, 2.45) is 5.92 Å². The Balaban J connectivity index is 2.66. The van der Waals surface area contributed by atoms with Gasteiger partial charge in [0.25, 0.3) is 0 Å². The molecule has 0 aliphatic rings. The molecule has 0 heterocycles. The number of hydrogen-bond donors (Lipinski definition) is 1. The molecular weight excluding hydrogens is 328 g/mol. The molecule has 0 saturated carbocycles. The van der Waals surface area contributed by atoms with Crippen LogP contribution in [0.15, 0.2) is 30.3 Å². The van der Waals surface area contributed by atoms with Gasteiger partial charge in [-0.05, 0) is 37.0 Å². The molecule has 0 amide bonds. The third kappa shape index (κ3) is 6.52. The summed E-state index contributed by atoms with van der Waals surface area (Å²) in [6.45, 7) is 18.0. The first-order valence-electron chi connectivity index (χ1n) is 9.51. The maximum atomic E-state index is 10.8. The number of aliphatic hydroxyl groups is 1. The highest BCUT2D eigenvalue weighted by Gasteiger charge is 2.41. The van der Waals surface area contributed by atoms with Gasteiger partial charge in [0.1, 0.15) is 0 Å². The van der Waals surface area contributed by atoms with Gasteiger partial charge < -0.3 is 14.3 Å². The van der Waals surface area contributed by atoms with E-state index < -0.39 is 14.4 Å². The lowest BCUT2D eigenvalue weighted by Gasteiger charge is -2.42. The highest BCUT2D eigenvalue weighted by molar-refractivity contribution is 6.74. The second kappa shape index (κ2) is 9.31. The van der Waals surface area contributed by atoms with E-state index in [1.165, 1.54) is 0 Å². The van der Waals surface area contributed by atoms with Gasteiger partial charge in [-0.1, -0.05) is 65.0 Å². The van der Waals surface area contributed by atoms with Gasteiger partial charge >= 0.3 is 0 Å². The number of aliphatic hydroxyl groups excluding tert-OH is 1. The Hall–Kier alpha value is -0.683. The largest absolute Gasteiger partial charge is 0.414 e. The van der Waals surface area contributed by atoms with Gasteiger partial charge in [-0.15, -0.1) is 0 Å². The fraction of sp³-hybridized carbons (Fsp3) is 0.714. The van der Waals surface area contributed by atoms with Crippen molar-refractivity contribution in [1.29, 1.82) is 0 Å². The average Bonchev–Trinajstić information content (AvgIpc) is 2.56. The van der Waals surface area contributed by atoms with Gasteiger partial charge in [0.2, 0.25) is 0 Å². The summed E-state index contributed by atoms with van der Waals surface area (Å²) in [5.74, 6) is 0.0323. The molecule has 3 nitrogen and oxygen atoms in total. The van der Waals surface area contributed by atoms with Crippen LogP contribution in [0.1, 0.15) is 53.5 Å². The van der Waals surface area contributed by atoms with Crippen LogP contribution in [0.25, 0.3) is 0 Å². The van der Waals surface area contributed by atoms with Crippen molar-refractivity contribution in [2.45, 2.75) is 91.0 Å². The van der Waals surface area contributed by atoms with E-state index in [9.17, 15) is 5.11 Å². The standard InChI is InChI=1S/C21H38O3Si/c1-9-19(24-25(7,8)21(4,5)6)16(2)20(22)17(3)23-15-18-13-11-10-12-14-18/h10-14,16-17,19-20,22H,9,15H2,1-8H3/t16-,17+,19+,20+/m1/s1. The molecule has 25 heavy (non-hydrogen) atoms. The number of ether oxygens (including phenoxy) is 1. The molecule has 0 spiro atoms.